The molecule has 0 atom stereocenters. The highest BCUT2D eigenvalue weighted by molar-refractivity contribution is 7.16. The first-order valence-electron chi connectivity index (χ1n) is 7.75. The van der Waals surface area contributed by atoms with E-state index in [0.29, 0.717) is 15.9 Å². The first-order valence-corrected chi connectivity index (χ1v) is 8.56. The van der Waals surface area contributed by atoms with Gasteiger partial charge in [-0.15, -0.1) is 0 Å². The summed E-state index contributed by atoms with van der Waals surface area (Å²) in [5.74, 6) is -0.657. The van der Waals surface area contributed by atoms with Gasteiger partial charge in [0.25, 0.3) is 5.91 Å². The van der Waals surface area contributed by atoms with Crippen LogP contribution in [0.3, 0.4) is 0 Å². The number of hydrogen-bond donors (Lipinski definition) is 0. The lowest BCUT2D eigenvalue weighted by Crippen LogP contribution is -2.13. The lowest BCUT2D eigenvalue weighted by atomic mass is 10.1. The Morgan fingerprint density at radius 2 is 1.88 bits per heavy atom. The zero-order valence-corrected chi connectivity index (χ0v) is 15.3. The number of nitrogens with zero attached hydrogens (tertiary/aromatic N) is 2. The largest absolute Gasteiger partial charge is 0.465 e. The summed E-state index contributed by atoms with van der Waals surface area (Å²) in [6, 6.07) is 11.0. The maximum Gasteiger partial charge on any atom is 0.337 e. The molecule has 25 heavy (non-hydrogen) atoms. The maximum atomic E-state index is 12.5. The molecule has 0 spiro atoms. The third-order valence-corrected chi connectivity index (χ3v) is 5.13. The number of fused-ring (bicyclic) bond motifs is 1. The number of aromatic nitrogens is 1. The van der Waals surface area contributed by atoms with Gasteiger partial charge in [-0.1, -0.05) is 29.0 Å². The van der Waals surface area contributed by atoms with Gasteiger partial charge in [0.1, 0.15) is 0 Å². The van der Waals surface area contributed by atoms with Crippen LogP contribution in [0.2, 0.25) is 0 Å². The molecule has 0 aliphatic carbocycles. The van der Waals surface area contributed by atoms with Crippen molar-refractivity contribution in [1.29, 1.82) is 0 Å². The van der Waals surface area contributed by atoms with Gasteiger partial charge < -0.3 is 9.30 Å². The van der Waals surface area contributed by atoms with Crippen LogP contribution in [-0.2, 0) is 11.8 Å². The van der Waals surface area contributed by atoms with Crippen molar-refractivity contribution < 1.29 is 14.3 Å². The van der Waals surface area contributed by atoms with E-state index in [1.165, 1.54) is 18.4 Å². The van der Waals surface area contributed by atoms with Crippen molar-refractivity contribution in [2.45, 2.75) is 13.8 Å². The van der Waals surface area contributed by atoms with Crippen LogP contribution in [0.4, 0.5) is 0 Å². The molecule has 0 N–H and O–H groups in total. The molecule has 1 amide bonds. The molecule has 0 fully saturated rings. The highest BCUT2D eigenvalue weighted by atomic mass is 32.1. The Morgan fingerprint density at radius 3 is 2.56 bits per heavy atom. The van der Waals surface area contributed by atoms with Crippen LogP contribution in [0.25, 0.3) is 10.2 Å². The predicted octanol–water partition coefficient (Wildman–Crippen LogP) is 3.38. The Bertz CT molecular complexity index is 1060. The SMILES string of the molecule is COC(=O)c1ccc2c(c1)sc(=NC(=O)c1ccc(C)cc1C)n2C. The predicted molar refractivity (Wildman–Crippen MR) is 97.9 cm³/mol. The Labute approximate surface area is 149 Å². The Kier molecular flexibility index (Phi) is 4.55. The van der Waals surface area contributed by atoms with Crippen molar-refractivity contribution >= 4 is 33.4 Å². The molecule has 1 aromatic heterocycles. The number of esters is 1. The highest BCUT2D eigenvalue weighted by Crippen LogP contribution is 2.19. The van der Waals surface area contributed by atoms with Gasteiger partial charge in [-0.3, -0.25) is 4.79 Å². The summed E-state index contributed by atoms with van der Waals surface area (Å²) in [6.07, 6.45) is 0. The number of carbonyl (C=O) groups is 2. The van der Waals surface area contributed by atoms with E-state index in [-0.39, 0.29) is 11.9 Å². The fourth-order valence-electron chi connectivity index (χ4n) is 2.69. The molecule has 0 saturated heterocycles. The minimum Gasteiger partial charge on any atom is -0.465 e. The number of amides is 1. The molecule has 0 aliphatic rings. The number of thiazole rings is 1. The maximum absolute atomic E-state index is 12.5. The average Bonchev–Trinajstić information content (AvgIpc) is 2.89. The van der Waals surface area contributed by atoms with Crippen LogP contribution < -0.4 is 4.80 Å². The Hall–Kier alpha value is -2.73. The summed E-state index contributed by atoms with van der Waals surface area (Å²) in [7, 11) is 3.20. The molecule has 128 valence electrons. The highest BCUT2D eigenvalue weighted by Gasteiger charge is 2.12. The lowest BCUT2D eigenvalue weighted by Gasteiger charge is -2.02. The van der Waals surface area contributed by atoms with Gasteiger partial charge >= 0.3 is 5.97 Å². The number of hydrogen-bond acceptors (Lipinski definition) is 4. The molecule has 0 unspecified atom stereocenters. The van der Waals surface area contributed by atoms with Crippen molar-refractivity contribution in [3.8, 4) is 0 Å². The van der Waals surface area contributed by atoms with Crippen LogP contribution in [-0.4, -0.2) is 23.6 Å². The van der Waals surface area contributed by atoms with E-state index in [9.17, 15) is 9.59 Å². The molecular weight excluding hydrogens is 336 g/mol. The molecule has 1 heterocycles. The van der Waals surface area contributed by atoms with E-state index in [1.54, 1.807) is 18.2 Å². The minimum absolute atomic E-state index is 0.271. The molecule has 0 bridgehead atoms. The van der Waals surface area contributed by atoms with Crippen molar-refractivity contribution in [2.75, 3.05) is 7.11 Å². The molecule has 0 radical (unpaired) electrons. The van der Waals surface area contributed by atoms with Gasteiger partial charge in [0.15, 0.2) is 4.80 Å². The van der Waals surface area contributed by atoms with E-state index < -0.39 is 0 Å². The number of ether oxygens (including phenoxy) is 1. The second kappa shape index (κ2) is 6.64. The number of methoxy groups -OCH3 is 1. The van der Waals surface area contributed by atoms with Crippen LogP contribution in [0.15, 0.2) is 41.4 Å². The molecule has 2 aromatic carbocycles. The third kappa shape index (κ3) is 3.25. The van der Waals surface area contributed by atoms with E-state index in [2.05, 4.69) is 4.99 Å². The fraction of sp³-hybridized carbons (Fsp3) is 0.211. The van der Waals surface area contributed by atoms with E-state index in [0.717, 1.165) is 21.3 Å². The third-order valence-electron chi connectivity index (χ3n) is 4.04. The molecule has 3 aromatic rings. The van der Waals surface area contributed by atoms with Gasteiger partial charge in [0.05, 0.1) is 22.9 Å². The number of rotatable bonds is 2. The summed E-state index contributed by atoms with van der Waals surface area (Å²) >= 11 is 1.37. The van der Waals surface area contributed by atoms with Crippen molar-refractivity contribution in [3.05, 3.63) is 63.5 Å². The monoisotopic (exact) mass is 354 g/mol. The van der Waals surface area contributed by atoms with Gasteiger partial charge in [-0.05, 0) is 43.7 Å². The zero-order valence-electron chi connectivity index (χ0n) is 14.5. The summed E-state index contributed by atoms with van der Waals surface area (Å²) in [5.41, 5.74) is 3.99. The topological polar surface area (TPSA) is 60.7 Å². The zero-order chi connectivity index (χ0) is 18.1. The number of benzene rings is 2. The van der Waals surface area contributed by atoms with Crippen LogP contribution >= 0.6 is 11.3 Å². The molecular formula is C19H18N2O3S. The van der Waals surface area contributed by atoms with Crippen LogP contribution in [0, 0.1) is 13.8 Å². The smallest absolute Gasteiger partial charge is 0.337 e. The minimum atomic E-state index is -0.386. The second-order valence-corrected chi connectivity index (χ2v) is 6.86. The van der Waals surface area contributed by atoms with Crippen molar-refractivity contribution in [1.82, 2.24) is 4.57 Å². The number of aryl methyl sites for hydroxylation is 3. The van der Waals surface area contributed by atoms with Crippen molar-refractivity contribution in [3.63, 3.8) is 0 Å². The van der Waals surface area contributed by atoms with E-state index >= 15 is 0 Å². The fourth-order valence-corrected chi connectivity index (χ4v) is 3.74. The molecule has 3 rings (SSSR count). The number of carbonyl (C=O) groups excluding carboxylic acids is 2. The molecule has 5 nitrogen and oxygen atoms in total. The second-order valence-electron chi connectivity index (χ2n) is 5.85. The summed E-state index contributed by atoms with van der Waals surface area (Å²) in [5, 5.41) is 0. The first kappa shape index (κ1) is 17.1. The molecule has 0 saturated carbocycles. The van der Waals surface area contributed by atoms with Gasteiger partial charge in [-0.2, -0.15) is 4.99 Å². The van der Waals surface area contributed by atoms with Gasteiger partial charge in [-0.25, -0.2) is 4.79 Å². The normalized spacial score (nSPS) is 11.8. The van der Waals surface area contributed by atoms with Crippen LogP contribution in [0.1, 0.15) is 31.8 Å². The van der Waals surface area contributed by atoms with Crippen molar-refractivity contribution in [2.24, 2.45) is 12.0 Å². The standard InChI is InChI=1S/C19H18N2O3S/c1-11-5-7-14(12(2)9-11)17(22)20-19-21(3)15-8-6-13(18(23)24-4)10-16(15)25-19/h5-10H,1-4H3. The van der Waals surface area contributed by atoms with Crippen LogP contribution in [0.5, 0.6) is 0 Å². The quantitative estimate of drug-likeness (QED) is 0.663. The summed E-state index contributed by atoms with van der Waals surface area (Å²) in [6.45, 7) is 3.90. The van der Waals surface area contributed by atoms with Gasteiger partial charge in [0, 0.05) is 12.6 Å². The van der Waals surface area contributed by atoms with Gasteiger partial charge in [0.2, 0.25) is 0 Å². The first-order chi connectivity index (χ1) is 11.9. The Morgan fingerprint density at radius 1 is 1.12 bits per heavy atom. The summed E-state index contributed by atoms with van der Waals surface area (Å²) in [4.78, 5) is 29.1. The molecule has 6 heteroatoms. The van der Waals surface area contributed by atoms with E-state index in [1.807, 2.05) is 43.7 Å². The average molecular weight is 354 g/mol. The Balaban J connectivity index is 2.08. The molecule has 0 aliphatic heterocycles. The van der Waals surface area contributed by atoms with E-state index in [4.69, 9.17) is 4.74 Å². The summed E-state index contributed by atoms with van der Waals surface area (Å²) < 4.78 is 7.47. The lowest BCUT2D eigenvalue weighted by molar-refractivity contribution is 0.0601.